The second-order valence-corrected chi connectivity index (χ2v) is 3.69. The molecule has 1 heterocycles. The summed E-state index contributed by atoms with van der Waals surface area (Å²) in [6.07, 6.45) is 2.67. The van der Waals surface area contributed by atoms with E-state index in [4.69, 9.17) is 0 Å². The van der Waals surface area contributed by atoms with Gasteiger partial charge in [-0.15, -0.1) is 0 Å². The van der Waals surface area contributed by atoms with Crippen molar-refractivity contribution < 1.29 is 17.3 Å². The van der Waals surface area contributed by atoms with E-state index in [1.54, 1.807) is 0 Å². The molecule has 1 aliphatic heterocycles. The van der Waals surface area contributed by atoms with Crippen molar-refractivity contribution in [3.05, 3.63) is 0 Å². The van der Waals surface area contributed by atoms with Crippen LogP contribution in [-0.4, -0.2) is 50.4 Å². The Morgan fingerprint density at radius 3 is 2.00 bits per heavy atom. The molecule has 0 aliphatic carbocycles. The van der Waals surface area contributed by atoms with Gasteiger partial charge < -0.3 is 17.3 Å². The zero-order valence-corrected chi connectivity index (χ0v) is 9.23. The van der Waals surface area contributed by atoms with Crippen LogP contribution in [0.5, 0.6) is 0 Å². The van der Waals surface area contributed by atoms with E-state index < -0.39 is 7.25 Å². The Kier molecular flexibility index (Phi) is 6.92. The molecular formula is C8H18BF4N2-. The van der Waals surface area contributed by atoms with Gasteiger partial charge in [0.1, 0.15) is 0 Å². The quantitative estimate of drug-likeness (QED) is 0.541. The summed E-state index contributed by atoms with van der Waals surface area (Å²) in [5.74, 6) is 0. The van der Waals surface area contributed by atoms with Crippen LogP contribution in [0.2, 0.25) is 0 Å². The molecule has 0 unspecified atom stereocenters. The van der Waals surface area contributed by atoms with Gasteiger partial charge >= 0.3 is 7.25 Å². The molecule has 0 bridgehead atoms. The van der Waals surface area contributed by atoms with Crippen LogP contribution in [0.3, 0.4) is 0 Å². The van der Waals surface area contributed by atoms with Gasteiger partial charge in [0.15, 0.2) is 0 Å². The minimum atomic E-state index is -6.00. The first kappa shape index (κ1) is 14.7. The number of hydrogen-bond acceptors (Lipinski definition) is 2. The van der Waals surface area contributed by atoms with Crippen molar-refractivity contribution in [2.45, 2.75) is 19.8 Å². The van der Waals surface area contributed by atoms with Crippen molar-refractivity contribution in [1.29, 1.82) is 0 Å². The summed E-state index contributed by atoms with van der Waals surface area (Å²) in [5.41, 5.74) is 0. The first-order valence-corrected chi connectivity index (χ1v) is 5.11. The molecule has 0 atom stereocenters. The SMILES string of the molecule is CCCCN1CCN(C)C1.F[B-](F)(F)F. The topological polar surface area (TPSA) is 6.48 Å². The summed E-state index contributed by atoms with van der Waals surface area (Å²) in [6, 6.07) is 0. The minimum absolute atomic E-state index is 1.18. The summed E-state index contributed by atoms with van der Waals surface area (Å²) < 4.78 is 39.0. The maximum absolute atomic E-state index is 9.75. The van der Waals surface area contributed by atoms with Crippen LogP contribution in [-0.2, 0) is 0 Å². The first-order valence-electron chi connectivity index (χ1n) is 5.11. The lowest BCUT2D eigenvalue weighted by atomic mass is 10.3. The molecule has 15 heavy (non-hydrogen) atoms. The van der Waals surface area contributed by atoms with E-state index in [9.17, 15) is 17.3 Å². The molecule has 1 saturated heterocycles. The van der Waals surface area contributed by atoms with Crippen LogP contribution in [0.25, 0.3) is 0 Å². The second-order valence-electron chi connectivity index (χ2n) is 3.69. The lowest BCUT2D eigenvalue weighted by Gasteiger charge is -2.13. The van der Waals surface area contributed by atoms with Gasteiger partial charge in [0.2, 0.25) is 0 Å². The number of halogens is 4. The Balaban J connectivity index is 0.000000336. The van der Waals surface area contributed by atoms with Gasteiger partial charge in [0.25, 0.3) is 0 Å². The molecule has 0 saturated carbocycles. The van der Waals surface area contributed by atoms with Gasteiger partial charge in [-0.05, 0) is 20.0 Å². The van der Waals surface area contributed by atoms with Crippen LogP contribution in [0.1, 0.15) is 19.8 Å². The molecule has 0 aromatic rings. The van der Waals surface area contributed by atoms with E-state index >= 15 is 0 Å². The molecule has 7 heteroatoms. The van der Waals surface area contributed by atoms with E-state index in [1.165, 1.54) is 39.1 Å². The highest BCUT2D eigenvalue weighted by atomic mass is 19.5. The molecule has 0 aromatic carbocycles. The van der Waals surface area contributed by atoms with Gasteiger partial charge in [-0.3, -0.25) is 9.80 Å². The fourth-order valence-electron chi connectivity index (χ4n) is 1.36. The van der Waals surface area contributed by atoms with Crippen LogP contribution < -0.4 is 0 Å². The molecular weight excluding hydrogens is 211 g/mol. The Labute approximate surface area is 88.3 Å². The van der Waals surface area contributed by atoms with E-state index in [0.717, 1.165) is 0 Å². The minimum Gasteiger partial charge on any atom is -0.418 e. The van der Waals surface area contributed by atoms with E-state index in [-0.39, 0.29) is 0 Å². The Morgan fingerprint density at radius 1 is 1.13 bits per heavy atom. The highest BCUT2D eigenvalue weighted by Crippen LogP contribution is 2.06. The number of hydrogen-bond donors (Lipinski definition) is 0. The maximum atomic E-state index is 9.75. The highest BCUT2D eigenvalue weighted by Gasteiger charge is 2.20. The standard InChI is InChI=1S/C8H18N2.BF4/c1-3-4-5-10-7-6-9(2)8-10;2-1(3,4)5/h3-8H2,1-2H3;/q;-1. The smallest absolute Gasteiger partial charge is 0.418 e. The van der Waals surface area contributed by atoms with Gasteiger partial charge in [0, 0.05) is 13.1 Å². The monoisotopic (exact) mass is 229 g/mol. The summed E-state index contributed by atoms with van der Waals surface area (Å²) in [4.78, 5) is 4.89. The normalized spacial score (nSPS) is 18.8. The zero-order chi connectivity index (χ0) is 11.9. The van der Waals surface area contributed by atoms with Crippen molar-refractivity contribution in [1.82, 2.24) is 9.80 Å². The molecule has 0 radical (unpaired) electrons. The third-order valence-electron chi connectivity index (χ3n) is 2.07. The fourth-order valence-corrected chi connectivity index (χ4v) is 1.36. The van der Waals surface area contributed by atoms with Crippen molar-refractivity contribution in [2.24, 2.45) is 0 Å². The summed E-state index contributed by atoms with van der Waals surface area (Å²) in [5, 5.41) is 0. The predicted octanol–water partition coefficient (Wildman–Crippen LogP) is 2.29. The van der Waals surface area contributed by atoms with Gasteiger partial charge in [-0.25, -0.2) is 0 Å². The molecule has 92 valence electrons. The van der Waals surface area contributed by atoms with Gasteiger partial charge in [-0.1, -0.05) is 13.3 Å². The molecule has 1 rings (SSSR count). The van der Waals surface area contributed by atoms with Crippen molar-refractivity contribution in [3.63, 3.8) is 0 Å². The molecule has 2 nitrogen and oxygen atoms in total. The third kappa shape index (κ3) is 11.6. The Bertz CT molecular complexity index is 159. The summed E-state index contributed by atoms with van der Waals surface area (Å²) in [7, 11) is -3.81. The van der Waals surface area contributed by atoms with Crippen molar-refractivity contribution in [3.8, 4) is 0 Å². The van der Waals surface area contributed by atoms with Crippen LogP contribution in [0.4, 0.5) is 17.3 Å². The van der Waals surface area contributed by atoms with Crippen LogP contribution in [0, 0.1) is 0 Å². The molecule has 0 aromatic heterocycles. The predicted molar refractivity (Wildman–Crippen MR) is 54.2 cm³/mol. The molecule has 1 aliphatic rings. The van der Waals surface area contributed by atoms with Crippen molar-refractivity contribution >= 4 is 7.25 Å². The van der Waals surface area contributed by atoms with E-state index in [2.05, 4.69) is 23.8 Å². The maximum Gasteiger partial charge on any atom is 0.673 e. The van der Waals surface area contributed by atoms with Gasteiger partial charge in [0.05, 0.1) is 6.67 Å². The lowest BCUT2D eigenvalue weighted by Crippen LogP contribution is -2.23. The number of likely N-dealkylation sites (N-methyl/N-ethyl adjacent to an activating group) is 1. The average molecular weight is 229 g/mol. The molecule has 0 N–H and O–H groups in total. The second kappa shape index (κ2) is 7.06. The van der Waals surface area contributed by atoms with Gasteiger partial charge in [-0.2, -0.15) is 0 Å². The number of nitrogens with zero attached hydrogens (tertiary/aromatic N) is 2. The third-order valence-corrected chi connectivity index (χ3v) is 2.07. The lowest BCUT2D eigenvalue weighted by molar-refractivity contribution is 0.271. The highest BCUT2D eigenvalue weighted by molar-refractivity contribution is 6.50. The molecule has 0 spiro atoms. The Hall–Kier alpha value is -0.295. The van der Waals surface area contributed by atoms with E-state index in [1.807, 2.05) is 0 Å². The first-order chi connectivity index (χ1) is 6.83. The van der Waals surface area contributed by atoms with Crippen LogP contribution >= 0.6 is 0 Å². The molecule has 1 fully saturated rings. The number of unbranched alkanes of at least 4 members (excludes halogenated alkanes) is 1. The van der Waals surface area contributed by atoms with E-state index in [0.29, 0.717) is 0 Å². The summed E-state index contributed by atoms with van der Waals surface area (Å²) >= 11 is 0. The fraction of sp³-hybridized carbons (Fsp3) is 1.00. The van der Waals surface area contributed by atoms with Crippen LogP contribution in [0.15, 0.2) is 0 Å². The average Bonchev–Trinajstić information content (AvgIpc) is 2.45. The molecule has 0 amide bonds. The van der Waals surface area contributed by atoms with Crippen molar-refractivity contribution in [2.75, 3.05) is 33.4 Å². The summed E-state index contributed by atoms with van der Waals surface area (Å²) in [6.45, 7) is 7.25. The number of rotatable bonds is 3. The zero-order valence-electron chi connectivity index (χ0n) is 9.23. The largest absolute Gasteiger partial charge is 0.673 e. The Morgan fingerprint density at radius 2 is 1.67 bits per heavy atom.